The highest BCUT2D eigenvalue weighted by Crippen LogP contribution is 2.34. The molecule has 0 amide bonds. The number of hydrogen-bond acceptors (Lipinski definition) is 2. The lowest BCUT2D eigenvalue weighted by molar-refractivity contribution is -0.120. The summed E-state index contributed by atoms with van der Waals surface area (Å²) < 4.78 is 5.03. The van der Waals surface area contributed by atoms with Crippen LogP contribution in [0.15, 0.2) is 0 Å². The summed E-state index contributed by atoms with van der Waals surface area (Å²) in [5.74, 6) is -0.194. The summed E-state index contributed by atoms with van der Waals surface area (Å²) in [7, 11) is 1.60. The molecule has 1 unspecified atom stereocenters. The molecule has 0 N–H and O–H groups in total. The molecule has 3 heteroatoms. The molecule has 0 aliphatic rings. The van der Waals surface area contributed by atoms with Gasteiger partial charge in [0.25, 0.3) is 0 Å². The third-order valence-electron chi connectivity index (χ3n) is 2.73. The average molecular weight is 221 g/mol. The molecule has 0 radical (unpaired) electrons. The first-order chi connectivity index (χ1) is 6.45. The quantitative estimate of drug-likeness (QED) is 0.616. The number of rotatable bonds is 7. The Kier molecular flexibility index (Phi) is 6.38. The molecule has 0 aliphatic heterocycles. The van der Waals surface area contributed by atoms with E-state index in [1.165, 1.54) is 0 Å². The number of carbonyl (C=O) groups excluding carboxylic acids is 1. The molecule has 0 spiro atoms. The molecule has 2 nitrogen and oxygen atoms in total. The van der Waals surface area contributed by atoms with Crippen LogP contribution in [0.25, 0.3) is 0 Å². The van der Waals surface area contributed by atoms with Crippen molar-refractivity contribution >= 4 is 16.8 Å². The van der Waals surface area contributed by atoms with Gasteiger partial charge in [-0.05, 0) is 23.4 Å². The Hall–Kier alpha value is -0.0800. The third kappa shape index (κ3) is 4.43. The zero-order valence-corrected chi connectivity index (χ0v) is 10.4. The fourth-order valence-electron chi connectivity index (χ4n) is 1.57. The van der Waals surface area contributed by atoms with Crippen LogP contribution in [-0.4, -0.2) is 19.0 Å². The van der Waals surface area contributed by atoms with Crippen molar-refractivity contribution in [1.29, 1.82) is 0 Å². The lowest BCUT2D eigenvalue weighted by Crippen LogP contribution is -2.32. The van der Waals surface area contributed by atoms with Crippen molar-refractivity contribution in [2.45, 2.75) is 40.0 Å². The Balaban J connectivity index is 4.36. The van der Waals surface area contributed by atoms with Crippen LogP contribution in [-0.2, 0) is 9.53 Å². The largest absolute Gasteiger partial charge is 0.384 e. The molecular formula is C11H21ClO2. The fourth-order valence-corrected chi connectivity index (χ4v) is 1.93. The molecule has 0 rings (SSSR count). The molecular weight excluding hydrogens is 200 g/mol. The second-order valence-electron chi connectivity index (χ2n) is 4.40. The number of carbonyl (C=O) groups is 1. The number of methoxy groups -OCH3 is 1. The van der Waals surface area contributed by atoms with Crippen LogP contribution in [0.4, 0.5) is 0 Å². The molecule has 0 fully saturated rings. The first-order valence-electron chi connectivity index (χ1n) is 5.14. The zero-order chi connectivity index (χ0) is 11.2. The van der Waals surface area contributed by atoms with Crippen LogP contribution in [0.2, 0.25) is 0 Å². The maximum Gasteiger partial charge on any atom is 0.227 e. The van der Waals surface area contributed by atoms with E-state index < -0.39 is 0 Å². The van der Waals surface area contributed by atoms with E-state index >= 15 is 0 Å². The van der Waals surface area contributed by atoms with Crippen molar-refractivity contribution in [1.82, 2.24) is 0 Å². The summed E-state index contributed by atoms with van der Waals surface area (Å²) >= 11 is 5.57. The molecule has 0 aliphatic carbocycles. The summed E-state index contributed by atoms with van der Waals surface area (Å²) in [4.78, 5) is 11.2. The summed E-state index contributed by atoms with van der Waals surface area (Å²) in [5.41, 5.74) is -0.0646. The van der Waals surface area contributed by atoms with Crippen LogP contribution >= 0.6 is 11.6 Å². The van der Waals surface area contributed by atoms with Gasteiger partial charge in [0.2, 0.25) is 5.24 Å². The van der Waals surface area contributed by atoms with E-state index in [2.05, 4.69) is 20.8 Å². The van der Waals surface area contributed by atoms with Crippen molar-refractivity contribution in [3.8, 4) is 0 Å². The molecule has 84 valence electrons. The van der Waals surface area contributed by atoms with Crippen LogP contribution < -0.4 is 0 Å². The van der Waals surface area contributed by atoms with Crippen molar-refractivity contribution in [2.24, 2.45) is 11.3 Å². The Morgan fingerprint density at radius 1 is 1.50 bits per heavy atom. The van der Waals surface area contributed by atoms with E-state index in [0.29, 0.717) is 6.61 Å². The highest BCUT2D eigenvalue weighted by molar-refractivity contribution is 6.64. The van der Waals surface area contributed by atoms with Gasteiger partial charge < -0.3 is 4.74 Å². The standard InChI is InChI=1S/C11H21ClO2/c1-5-6-7-11(2,3)9(8-14-4)10(12)13/h9H,5-8H2,1-4H3. The summed E-state index contributed by atoms with van der Waals surface area (Å²) in [6, 6.07) is 0. The van der Waals surface area contributed by atoms with E-state index in [0.717, 1.165) is 19.3 Å². The molecule has 0 aromatic carbocycles. The van der Waals surface area contributed by atoms with Crippen LogP contribution in [0, 0.1) is 11.3 Å². The monoisotopic (exact) mass is 220 g/mol. The van der Waals surface area contributed by atoms with Crippen LogP contribution in [0.5, 0.6) is 0 Å². The topological polar surface area (TPSA) is 26.3 Å². The molecule has 0 aromatic heterocycles. The Labute approximate surface area is 92.0 Å². The lowest BCUT2D eigenvalue weighted by atomic mass is 9.76. The van der Waals surface area contributed by atoms with E-state index in [1.807, 2.05) is 0 Å². The molecule has 0 aromatic rings. The minimum absolute atomic E-state index is 0.0646. The summed E-state index contributed by atoms with van der Waals surface area (Å²) in [6.07, 6.45) is 3.27. The summed E-state index contributed by atoms with van der Waals surface area (Å²) in [6.45, 7) is 6.71. The average Bonchev–Trinajstić information content (AvgIpc) is 2.10. The van der Waals surface area contributed by atoms with Gasteiger partial charge in [-0.2, -0.15) is 0 Å². The summed E-state index contributed by atoms with van der Waals surface area (Å²) in [5, 5.41) is -0.284. The van der Waals surface area contributed by atoms with E-state index in [4.69, 9.17) is 16.3 Å². The zero-order valence-electron chi connectivity index (χ0n) is 9.60. The van der Waals surface area contributed by atoms with Gasteiger partial charge in [0, 0.05) is 7.11 Å². The van der Waals surface area contributed by atoms with E-state index in [1.54, 1.807) is 7.11 Å². The predicted molar refractivity (Wildman–Crippen MR) is 59.5 cm³/mol. The minimum Gasteiger partial charge on any atom is -0.384 e. The normalized spacial score (nSPS) is 14.1. The van der Waals surface area contributed by atoms with Crippen molar-refractivity contribution in [2.75, 3.05) is 13.7 Å². The Morgan fingerprint density at radius 2 is 2.07 bits per heavy atom. The Bertz CT molecular complexity index is 178. The molecule has 14 heavy (non-hydrogen) atoms. The van der Waals surface area contributed by atoms with E-state index in [-0.39, 0.29) is 16.6 Å². The number of hydrogen-bond donors (Lipinski definition) is 0. The molecule has 1 atom stereocenters. The number of unbranched alkanes of at least 4 members (excludes halogenated alkanes) is 1. The van der Waals surface area contributed by atoms with Crippen molar-refractivity contribution in [3.05, 3.63) is 0 Å². The van der Waals surface area contributed by atoms with Crippen LogP contribution in [0.1, 0.15) is 40.0 Å². The van der Waals surface area contributed by atoms with Crippen LogP contribution in [0.3, 0.4) is 0 Å². The van der Waals surface area contributed by atoms with Gasteiger partial charge in [0.05, 0.1) is 12.5 Å². The molecule has 0 heterocycles. The van der Waals surface area contributed by atoms with Crippen molar-refractivity contribution < 1.29 is 9.53 Å². The number of halogens is 1. The van der Waals surface area contributed by atoms with Gasteiger partial charge in [0.15, 0.2) is 0 Å². The maximum absolute atomic E-state index is 11.2. The second-order valence-corrected chi connectivity index (χ2v) is 4.78. The van der Waals surface area contributed by atoms with Crippen molar-refractivity contribution in [3.63, 3.8) is 0 Å². The first-order valence-corrected chi connectivity index (χ1v) is 5.51. The van der Waals surface area contributed by atoms with Gasteiger partial charge in [-0.25, -0.2) is 0 Å². The minimum atomic E-state index is -0.284. The Morgan fingerprint density at radius 3 is 2.43 bits per heavy atom. The van der Waals surface area contributed by atoms with Gasteiger partial charge >= 0.3 is 0 Å². The predicted octanol–water partition coefficient (Wildman–Crippen LogP) is 3.23. The first kappa shape index (κ1) is 13.9. The van der Waals surface area contributed by atoms with Gasteiger partial charge in [0.1, 0.15) is 0 Å². The maximum atomic E-state index is 11.2. The smallest absolute Gasteiger partial charge is 0.227 e. The fraction of sp³-hybridized carbons (Fsp3) is 0.909. The van der Waals surface area contributed by atoms with Gasteiger partial charge in [-0.15, -0.1) is 0 Å². The highest BCUT2D eigenvalue weighted by atomic mass is 35.5. The second kappa shape index (κ2) is 6.41. The lowest BCUT2D eigenvalue weighted by Gasteiger charge is -2.31. The highest BCUT2D eigenvalue weighted by Gasteiger charge is 2.33. The number of ether oxygens (including phenoxy) is 1. The van der Waals surface area contributed by atoms with E-state index in [9.17, 15) is 4.79 Å². The SMILES string of the molecule is CCCCC(C)(C)C(COC)C(=O)Cl. The van der Waals surface area contributed by atoms with Gasteiger partial charge in [-0.1, -0.05) is 33.6 Å². The molecule has 0 bridgehead atoms. The molecule has 0 saturated heterocycles. The molecule has 0 saturated carbocycles. The third-order valence-corrected chi connectivity index (χ3v) is 2.99. The van der Waals surface area contributed by atoms with Gasteiger partial charge in [-0.3, -0.25) is 4.79 Å².